The Morgan fingerprint density at radius 1 is 1.71 bits per heavy atom. The number of aryl methyl sites for hydroxylation is 1. The molecule has 2 heterocycles. The Morgan fingerprint density at radius 2 is 2.57 bits per heavy atom. The predicted molar refractivity (Wildman–Crippen MR) is 55.2 cm³/mol. The van der Waals surface area contributed by atoms with Crippen LogP contribution < -0.4 is 11.1 Å². The maximum absolute atomic E-state index is 5.70. The average Bonchev–Trinajstić information content (AvgIpc) is 2.72. The van der Waals surface area contributed by atoms with Crippen LogP contribution in [-0.4, -0.2) is 29.2 Å². The Morgan fingerprint density at radius 3 is 3.14 bits per heavy atom. The minimum Gasteiger partial charge on any atom is -0.382 e. The van der Waals surface area contributed by atoms with E-state index < -0.39 is 0 Å². The van der Waals surface area contributed by atoms with E-state index in [2.05, 4.69) is 15.3 Å². The van der Waals surface area contributed by atoms with Crippen LogP contribution in [-0.2, 0) is 4.74 Å². The summed E-state index contributed by atoms with van der Waals surface area (Å²) < 4.78 is 5.48. The van der Waals surface area contributed by atoms with Crippen LogP contribution in [0.4, 0.5) is 11.6 Å². The summed E-state index contributed by atoms with van der Waals surface area (Å²) in [6, 6.07) is 0. The number of aromatic amines is 1. The summed E-state index contributed by atoms with van der Waals surface area (Å²) in [5, 5.41) is 3.18. The molecule has 0 bridgehead atoms. The van der Waals surface area contributed by atoms with Gasteiger partial charge in [-0.1, -0.05) is 0 Å². The highest BCUT2D eigenvalue weighted by atomic mass is 16.5. The van der Waals surface area contributed by atoms with E-state index in [1.165, 1.54) is 0 Å². The standard InChI is InChI=1S/C9H16N4O/c1-6-12-8(10)9(13-6)11-5-7-3-2-4-14-7/h7,11H,2-5,10H2,1H3,(H,12,13). The zero-order valence-corrected chi connectivity index (χ0v) is 8.34. The van der Waals surface area contributed by atoms with E-state index in [9.17, 15) is 0 Å². The first-order chi connectivity index (χ1) is 6.75. The second-order valence-electron chi connectivity index (χ2n) is 3.60. The predicted octanol–water partition coefficient (Wildman–Crippen LogP) is 0.891. The van der Waals surface area contributed by atoms with Gasteiger partial charge in [0, 0.05) is 13.2 Å². The number of imidazole rings is 1. The van der Waals surface area contributed by atoms with Gasteiger partial charge < -0.3 is 20.8 Å². The SMILES string of the molecule is Cc1nc(NCC2CCCO2)c(N)[nH]1. The van der Waals surface area contributed by atoms with Crippen LogP contribution in [0.1, 0.15) is 18.7 Å². The summed E-state index contributed by atoms with van der Waals surface area (Å²) in [6.07, 6.45) is 2.59. The molecule has 1 aliphatic rings. The lowest BCUT2D eigenvalue weighted by Crippen LogP contribution is -2.19. The minimum atomic E-state index is 0.311. The third-order valence-electron chi connectivity index (χ3n) is 2.37. The highest BCUT2D eigenvalue weighted by Crippen LogP contribution is 2.16. The summed E-state index contributed by atoms with van der Waals surface area (Å²) in [4.78, 5) is 7.17. The summed E-state index contributed by atoms with van der Waals surface area (Å²) >= 11 is 0. The second-order valence-corrected chi connectivity index (χ2v) is 3.60. The molecule has 2 rings (SSSR count). The molecular formula is C9H16N4O. The number of nitrogens with one attached hydrogen (secondary N) is 2. The largest absolute Gasteiger partial charge is 0.382 e. The van der Waals surface area contributed by atoms with Gasteiger partial charge >= 0.3 is 0 Å². The van der Waals surface area contributed by atoms with Crippen molar-refractivity contribution in [2.75, 3.05) is 24.2 Å². The lowest BCUT2D eigenvalue weighted by molar-refractivity contribution is 0.120. The van der Waals surface area contributed by atoms with E-state index >= 15 is 0 Å². The number of ether oxygens (including phenoxy) is 1. The first kappa shape index (κ1) is 9.33. The molecule has 1 fully saturated rings. The highest BCUT2D eigenvalue weighted by Gasteiger charge is 2.15. The van der Waals surface area contributed by atoms with Crippen molar-refractivity contribution in [1.82, 2.24) is 9.97 Å². The maximum atomic E-state index is 5.70. The molecule has 0 saturated carbocycles. The van der Waals surface area contributed by atoms with Crippen molar-refractivity contribution in [3.05, 3.63) is 5.82 Å². The van der Waals surface area contributed by atoms with Gasteiger partial charge in [0.2, 0.25) is 0 Å². The van der Waals surface area contributed by atoms with Gasteiger partial charge in [0.25, 0.3) is 0 Å². The third kappa shape index (κ3) is 1.98. The molecule has 4 N–H and O–H groups in total. The monoisotopic (exact) mass is 196 g/mol. The van der Waals surface area contributed by atoms with Crippen molar-refractivity contribution in [3.63, 3.8) is 0 Å². The molecular weight excluding hydrogens is 180 g/mol. The van der Waals surface area contributed by atoms with E-state index in [1.54, 1.807) is 0 Å². The molecule has 1 atom stereocenters. The molecule has 1 unspecified atom stereocenters. The Hall–Kier alpha value is -1.23. The normalized spacial score (nSPS) is 21.4. The fourth-order valence-electron chi connectivity index (χ4n) is 1.66. The number of nitrogens with zero attached hydrogens (tertiary/aromatic N) is 1. The fourth-order valence-corrected chi connectivity index (χ4v) is 1.66. The van der Waals surface area contributed by atoms with Gasteiger partial charge in [-0.2, -0.15) is 0 Å². The van der Waals surface area contributed by atoms with E-state index in [0.717, 1.165) is 37.6 Å². The van der Waals surface area contributed by atoms with Crippen molar-refractivity contribution in [1.29, 1.82) is 0 Å². The lowest BCUT2D eigenvalue weighted by atomic mass is 10.2. The molecule has 0 radical (unpaired) electrons. The minimum absolute atomic E-state index is 0.311. The van der Waals surface area contributed by atoms with Gasteiger partial charge in [-0.3, -0.25) is 0 Å². The number of hydrogen-bond acceptors (Lipinski definition) is 4. The highest BCUT2D eigenvalue weighted by molar-refractivity contribution is 5.56. The first-order valence-corrected chi connectivity index (χ1v) is 4.93. The van der Waals surface area contributed by atoms with Gasteiger partial charge in [-0.25, -0.2) is 4.98 Å². The van der Waals surface area contributed by atoms with Crippen LogP contribution >= 0.6 is 0 Å². The van der Waals surface area contributed by atoms with Crippen LogP contribution in [0.2, 0.25) is 0 Å². The topological polar surface area (TPSA) is 76.0 Å². The Bertz CT molecular complexity index is 304. The van der Waals surface area contributed by atoms with E-state index in [1.807, 2.05) is 6.92 Å². The summed E-state index contributed by atoms with van der Waals surface area (Å²) in [5.41, 5.74) is 5.70. The molecule has 5 heteroatoms. The second kappa shape index (κ2) is 3.88. The van der Waals surface area contributed by atoms with Crippen molar-refractivity contribution < 1.29 is 4.74 Å². The zero-order valence-electron chi connectivity index (χ0n) is 8.34. The Labute approximate surface area is 83.0 Å². The summed E-state index contributed by atoms with van der Waals surface area (Å²) in [5.74, 6) is 2.16. The average molecular weight is 196 g/mol. The zero-order chi connectivity index (χ0) is 9.97. The van der Waals surface area contributed by atoms with Gasteiger partial charge in [0.05, 0.1) is 6.10 Å². The molecule has 1 aromatic rings. The maximum Gasteiger partial charge on any atom is 0.168 e. The molecule has 1 aromatic heterocycles. The van der Waals surface area contributed by atoms with Crippen molar-refractivity contribution in [3.8, 4) is 0 Å². The van der Waals surface area contributed by atoms with Crippen molar-refractivity contribution >= 4 is 11.6 Å². The van der Waals surface area contributed by atoms with Gasteiger partial charge in [0.1, 0.15) is 11.6 Å². The van der Waals surface area contributed by atoms with Crippen LogP contribution in [0.15, 0.2) is 0 Å². The molecule has 1 aliphatic heterocycles. The molecule has 5 nitrogen and oxygen atoms in total. The quantitative estimate of drug-likeness (QED) is 0.671. The number of rotatable bonds is 3. The first-order valence-electron chi connectivity index (χ1n) is 4.93. The molecule has 0 aliphatic carbocycles. The van der Waals surface area contributed by atoms with Gasteiger partial charge in [-0.15, -0.1) is 0 Å². The van der Waals surface area contributed by atoms with E-state index in [4.69, 9.17) is 10.5 Å². The molecule has 14 heavy (non-hydrogen) atoms. The summed E-state index contributed by atoms with van der Waals surface area (Å²) in [7, 11) is 0. The molecule has 78 valence electrons. The fraction of sp³-hybridized carbons (Fsp3) is 0.667. The van der Waals surface area contributed by atoms with Crippen LogP contribution in [0, 0.1) is 6.92 Å². The number of anilines is 2. The van der Waals surface area contributed by atoms with Crippen molar-refractivity contribution in [2.24, 2.45) is 0 Å². The van der Waals surface area contributed by atoms with Crippen LogP contribution in [0.3, 0.4) is 0 Å². The van der Waals surface area contributed by atoms with Crippen LogP contribution in [0.25, 0.3) is 0 Å². The number of nitrogen functional groups attached to an aromatic ring is 1. The Balaban J connectivity index is 1.87. The lowest BCUT2D eigenvalue weighted by Gasteiger charge is -2.09. The number of hydrogen-bond donors (Lipinski definition) is 3. The number of aromatic nitrogens is 2. The van der Waals surface area contributed by atoms with E-state index in [0.29, 0.717) is 11.9 Å². The number of nitrogens with two attached hydrogens (primary N) is 1. The van der Waals surface area contributed by atoms with E-state index in [-0.39, 0.29) is 0 Å². The van der Waals surface area contributed by atoms with Crippen LogP contribution in [0.5, 0.6) is 0 Å². The molecule has 0 amide bonds. The van der Waals surface area contributed by atoms with Gasteiger partial charge in [0.15, 0.2) is 5.82 Å². The molecule has 0 aromatic carbocycles. The molecule has 0 spiro atoms. The van der Waals surface area contributed by atoms with Crippen molar-refractivity contribution in [2.45, 2.75) is 25.9 Å². The number of H-pyrrole nitrogens is 1. The molecule has 1 saturated heterocycles. The summed E-state index contributed by atoms with van der Waals surface area (Å²) in [6.45, 7) is 3.55. The van der Waals surface area contributed by atoms with Gasteiger partial charge in [-0.05, 0) is 19.8 Å². The Kier molecular flexibility index (Phi) is 2.58. The third-order valence-corrected chi connectivity index (χ3v) is 2.37. The smallest absolute Gasteiger partial charge is 0.168 e.